The zero-order chi connectivity index (χ0) is 15.2. The SMILES string of the molecule is C=CCNC(=O)c1ccc(Nc2ccc(F)c(F)c2)nn1. The van der Waals surface area contributed by atoms with Gasteiger partial charge in [0.1, 0.15) is 0 Å². The van der Waals surface area contributed by atoms with Crippen LogP contribution in [0.25, 0.3) is 0 Å². The van der Waals surface area contributed by atoms with E-state index in [0.717, 1.165) is 12.1 Å². The molecule has 0 atom stereocenters. The molecule has 0 saturated heterocycles. The largest absolute Gasteiger partial charge is 0.347 e. The van der Waals surface area contributed by atoms with Gasteiger partial charge in [0.05, 0.1) is 0 Å². The summed E-state index contributed by atoms with van der Waals surface area (Å²) in [6.07, 6.45) is 1.55. The zero-order valence-corrected chi connectivity index (χ0v) is 10.9. The van der Waals surface area contributed by atoms with Crippen molar-refractivity contribution in [2.45, 2.75) is 0 Å². The first-order chi connectivity index (χ1) is 10.1. The first kappa shape index (κ1) is 14.6. The van der Waals surface area contributed by atoms with E-state index in [1.54, 1.807) is 6.08 Å². The predicted molar refractivity (Wildman–Crippen MR) is 74.2 cm³/mol. The van der Waals surface area contributed by atoms with Gasteiger partial charge in [-0.05, 0) is 24.3 Å². The Morgan fingerprint density at radius 2 is 2.00 bits per heavy atom. The number of rotatable bonds is 5. The fourth-order valence-corrected chi connectivity index (χ4v) is 1.50. The molecule has 0 unspecified atom stereocenters. The lowest BCUT2D eigenvalue weighted by Crippen LogP contribution is -2.24. The molecule has 0 aliphatic heterocycles. The van der Waals surface area contributed by atoms with Gasteiger partial charge in [0.25, 0.3) is 5.91 Å². The van der Waals surface area contributed by atoms with Crippen molar-refractivity contribution in [1.29, 1.82) is 0 Å². The fraction of sp³-hybridized carbons (Fsp3) is 0.0714. The lowest BCUT2D eigenvalue weighted by atomic mass is 10.3. The van der Waals surface area contributed by atoms with Crippen LogP contribution < -0.4 is 10.6 Å². The summed E-state index contributed by atoms with van der Waals surface area (Å²) in [5.74, 6) is -1.96. The first-order valence-corrected chi connectivity index (χ1v) is 6.05. The summed E-state index contributed by atoms with van der Waals surface area (Å²) in [6, 6.07) is 6.35. The lowest BCUT2D eigenvalue weighted by molar-refractivity contribution is 0.0952. The van der Waals surface area contributed by atoms with Gasteiger partial charge in [0.2, 0.25) is 0 Å². The van der Waals surface area contributed by atoms with Crippen LogP contribution in [0.1, 0.15) is 10.5 Å². The van der Waals surface area contributed by atoms with Crippen molar-refractivity contribution in [3.8, 4) is 0 Å². The smallest absolute Gasteiger partial charge is 0.272 e. The third-order valence-electron chi connectivity index (χ3n) is 2.50. The maximum Gasteiger partial charge on any atom is 0.272 e. The Bertz CT molecular complexity index is 659. The van der Waals surface area contributed by atoms with Crippen molar-refractivity contribution in [1.82, 2.24) is 15.5 Å². The third kappa shape index (κ3) is 3.82. The summed E-state index contributed by atoms with van der Waals surface area (Å²) < 4.78 is 25.9. The van der Waals surface area contributed by atoms with Crippen molar-refractivity contribution in [3.63, 3.8) is 0 Å². The summed E-state index contributed by atoms with van der Waals surface area (Å²) in [4.78, 5) is 11.6. The highest BCUT2D eigenvalue weighted by atomic mass is 19.2. The molecule has 2 rings (SSSR count). The molecule has 1 aromatic heterocycles. The van der Waals surface area contributed by atoms with Gasteiger partial charge in [-0.3, -0.25) is 4.79 Å². The number of aromatic nitrogens is 2. The molecular weight excluding hydrogens is 278 g/mol. The number of hydrogen-bond acceptors (Lipinski definition) is 4. The van der Waals surface area contributed by atoms with E-state index in [1.165, 1.54) is 18.2 Å². The van der Waals surface area contributed by atoms with Crippen molar-refractivity contribution >= 4 is 17.4 Å². The molecule has 0 aliphatic rings. The minimum Gasteiger partial charge on any atom is -0.347 e. The highest BCUT2D eigenvalue weighted by Gasteiger charge is 2.07. The summed E-state index contributed by atoms with van der Waals surface area (Å²) in [5, 5.41) is 12.8. The van der Waals surface area contributed by atoms with E-state index < -0.39 is 11.6 Å². The molecule has 5 nitrogen and oxygen atoms in total. The Hall–Kier alpha value is -2.83. The molecule has 0 radical (unpaired) electrons. The van der Waals surface area contributed by atoms with Gasteiger partial charge < -0.3 is 10.6 Å². The van der Waals surface area contributed by atoms with Crippen LogP contribution in [-0.2, 0) is 0 Å². The number of anilines is 2. The number of nitrogens with one attached hydrogen (secondary N) is 2. The van der Waals surface area contributed by atoms with E-state index in [2.05, 4.69) is 27.4 Å². The van der Waals surface area contributed by atoms with Gasteiger partial charge in [-0.25, -0.2) is 8.78 Å². The molecule has 0 bridgehead atoms. The van der Waals surface area contributed by atoms with Crippen LogP contribution >= 0.6 is 0 Å². The van der Waals surface area contributed by atoms with Crippen LogP contribution in [0.2, 0.25) is 0 Å². The van der Waals surface area contributed by atoms with Crippen molar-refractivity contribution in [2.75, 3.05) is 11.9 Å². The van der Waals surface area contributed by atoms with Gasteiger partial charge in [-0.15, -0.1) is 16.8 Å². The van der Waals surface area contributed by atoms with E-state index in [-0.39, 0.29) is 11.6 Å². The van der Waals surface area contributed by atoms with Crippen molar-refractivity contribution in [2.24, 2.45) is 0 Å². The molecule has 1 heterocycles. The minimum absolute atomic E-state index is 0.146. The van der Waals surface area contributed by atoms with Crippen molar-refractivity contribution in [3.05, 3.63) is 60.3 Å². The first-order valence-electron chi connectivity index (χ1n) is 6.05. The van der Waals surface area contributed by atoms with Crippen LogP contribution in [0.15, 0.2) is 43.0 Å². The molecule has 108 valence electrons. The third-order valence-corrected chi connectivity index (χ3v) is 2.50. The maximum absolute atomic E-state index is 13.1. The van der Waals surface area contributed by atoms with Gasteiger partial charge >= 0.3 is 0 Å². The second-order valence-electron chi connectivity index (χ2n) is 4.06. The molecule has 2 N–H and O–H groups in total. The highest BCUT2D eigenvalue weighted by Crippen LogP contribution is 2.17. The Morgan fingerprint density at radius 1 is 1.19 bits per heavy atom. The standard InChI is InChI=1S/C14H12F2N4O/c1-2-7-17-14(21)12-5-6-13(20-19-12)18-9-3-4-10(15)11(16)8-9/h2-6,8H,1,7H2,(H,17,21)(H,18,20). The quantitative estimate of drug-likeness (QED) is 0.830. The number of carbonyl (C=O) groups excluding carboxylic acids is 1. The monoisotopic (exact) mass is 290 g/mol. The number of benzene rings is 1. The molecule has 0 aliphatic carbocycles. The molecular formula is C14H12F2N4O. The fourth-order valence-electron chi connectivity index (χ4n) is 1.50. The average Bonchev–Trinajstić information content (AvgIpc) is 2.49. The normalized spacial score (nSPS) is 10.0. The van der Waals surface area contributed by atoms with Gasteiger partial charge in [-0.1, -0.05) is 6.08 Å². The van der Waals surface area contributed by atoms with E-state index in [1.807, 2.05) is 0 Å². The van der Waals surface area contributed by atoms with Crippen LogP contribution in [0.3, 0.4) is 0 Å². The van der Waals surface area contributed by atoms with E-state index in [9.17, 15) is 13.6 Å². The Labute approximate surface area is 119 Å². The van der Waals surface area contributed by atoms with Crippen LogP contribution in [-0.4, -0.2) is 22.6 Å². The van der Waals surface area contributed by atoms with Crippen LogP contribution in [0.5, 0.6) is 0 Å². The minimum atomic E-state index is -0.964. The van der Waals surface area contributed by atoms with E-state index in [0.29, 0.717) is 18.1 Å². The molecule has 7 heteroatoms. The lowest BCUT2D eigenvalue weighted by Gasteiger charge is -2.06. The summed E-state index contributed by atoms with van der Waals surface area (Å²) in [6.45, 7) is 3.81. The Balaban J connectivity index is 2.06. The number of amides is 1. The number of hydrogen-bond donors (Lipinski definition) is 2. The molecule has 0 fully saturated rings. The molecule has 2 aromatic rings. The van der Waals surface area contributed by atoms with E-state index in [4.69, 9.17) is 0 Å². The second kappa shape index (κ2) is 6.56. The second-order valence-corrected chi connectivity index (χ2v) is 4.06. The van der Waals surface area contributed by atoms with Crippen LogP contribution in [0, 0.1) is 11.6 Å². The molecule has 1 aromatic carbocycles. The van der Waals surface area contributed by atoms with Gasteiger partial charge in [0.15, 0.2) is 23.1 Å². The van der Waals surface area contributed by atoms with Gasteiger partial charge in [0, 0.05) is 18.3 Å². The molecule has 21 heavy (non-hydrogen) atoms. The molecule has 0 saturated carbocycles. The number of nitrogens with zero attached hydrogens (tertiary/aromatic N) is 2. The van der Waals surface area contributed by atoms with Crippen molar-refractivity contribution < 1.29 is 13.6 Å². The average molecular weight is 290 g/mol. The number of halogens is 2. The topological polar surface area (TPSA) is 66.9 Å². The summed E-state index contributed by atoms with van der Waals surface area (Å²) >= 11 is 0. The predicted octanol–water partition coefficient (Wildman–Crippen LogP) is 2.41. The Kier molecular flexibility index (Phi) is 4.55. The zero-order valence-electron chi connectivity index (χ0n) is 10.9. The van der Waals surface area contributed by atoms with Crippen LogP contribution in [0.4, 0.5) is 20.3 Å². The summed E-state index contributed by atoms with van der Waals surface area (Å²) in [5.41, 5.74) is 0.472. The molecule has 0 spiro atoms. The number of carbonyl (C=O) groups is 1. The van der Waals surface area contributed by atoms with E-state index >= 15 is 0 Å². The highest BCUT2D eigenvalue weighted by molar-refractivity contribution is 5.92. The maximum atomic E-state index is 13.1. The molecule has 1 amide bonds. The van der Waals surface area contributed by atoms with Gasteiger partial charge in [-0.2, -0.15) is 0 Å². The Morgan fingerprint density at radius 3 is 2.62 bits per heavy atom. The summed E-state index contributed by atoms with van der Waals surface area (Å²) in [7, 11) is 0.